The lowest BCUT2D eigenvalue weighted by Crippen LogP contribution is -2.50. The van der Waals surface area contributed by atoms with Gasteiger partial charge in [0.15, 0.2) is 11.5 Å². The molecule has 3 rings (SSSR count). The third-order valence-electron chi connectivity index (χ3n) is 5.87. The van der Waals surface area contributed by atoms with Gasteiger partial charge in [-0.1, -0.05) is 20.3 Å². The quantitative estimate of drug-likeness (QED) is 0.695. The molecule has 2 aliphatic heterocycles. The second-order valence-electron chi connectivity index (χ2n) is 7.68. The van der Waals surface area contributed by atoms with E-state index in [1.165, 1.54) is 4.90 Å². The van der Waals surface area contributed by atoms with Crippen molar-refractivity contribution in [2.24, 2.45) is 17.8 Å². The van der Waals surface area contributed by atoms with Gasteiger partial charge in [0.05, 0.1) is 0 Å². The molecule has 0 bridgehead atoms. The molecule has 3 amide bonds. The van der Waals surface area contributed by atoms with Crippen molar-refractivity contribution in [2.75, 3.05) is 26.9 Å². The van der Waals surface area contributed by atoms with Gasteiger partial charge in [-0.2, -0.15) is 0 Å². The molecule has 2 saturated heterocycles. The Morgan fingerprint density at radius 3 is 2.81 bits per heavy atom. The lowest BCUT2D eigenvalue weighted by molar-refractivity contribution is -0.129. The van der Waals surface area contributed by atoms with E-state index in [1.807, 2.05) is 0 Å². The van der Waals surface area contributed by atoms with Gasteiger partial charge in [-0.15, -0.1) is 0 Å². The fourth-order valence-electron chi connectivity index (χ4n) is 4.10. The molecule has 3 aliphatic rings. The van der Waals surface area contributed by atoms with E-state index in [1.54, 1.807) is 11.9 Å². The number of hydrogen-bond donors (Lipinski definition) is 0. The van der Waals surface area contributed by atoms with Crippen LogP contribution in [-0.4, -0.2) is 48.7 Å². The van der Waals surface area contributed by atoms with Crippen LogP contribution < -0.4 is 0 Å². The van der Waals surface area contributed by atoms with Crippen LogP contribution in [0, 0.1) is 17.8 Å². The number of imide groups is 1. The maximum absolute atomic E-state index is 12.2. The fourth-order valence-corrected chi connectivity index (χ4v) is 4.10. The van der Waals surface area contributed by atoms with Crippen molar-refractivity contribution in [3.8, 4) is 0 Å². The topological polar surface area (TPSA) is 59.1 Å². The standard InChI is InChI=1S/C20H30N2O4/c1-4-15(16-5-6-17-18(12-16)26-13-25-17)11-14(2)7-9-22-10-8-19(23)21(3)20(22)24/h6,12,14-16H,4-5,7-11,13H2,1-3H3. The summed E-state index contributed by atoms with van der Waals surface area (Å²) in [4.78, 5) is 26.8. The Morgan fingerprint density at radius 1 is 1.27 bits per heavy atom. The monoisotopic (exact) mass is 362 g/mol. The second kappa shape index (κ2) is 8.14. The van der Waals surface area contributed by atoms with Crippen molar-refractivity contribution in [1.82, 2.24) is 9.80 Å². The van der Waals surface area contributed by atoms with Gasteiger partial charge in [0.1, 0.15) is 0 Å². The molecule has 0 radical (unpaired) electrons. The van der Waals surface area contributed by atoms with Gasteiger partial charge < -0.3 is 14.4 Å². The summed E-state index contributed by atoms with van der Waals surface area (Å²) in [7, 11) is 1.57. The molecule has 0 spiro atoms. The highest BCUT2D eigenvalue weighted by Gasteiger charge is 2.30. The number of allylic oxidation sites excluding steroid dienone is 2. The van der Waals surface area contributed by atoms with Gasteiger partial charge in [-0.25, -0.2) is 4.79 Å². The highest BCUT2D eigenvalue weighted by Crippen LogP contribution is 2.36. The molecule has 3 unspecified atom stereocenters. The number of carbonyl (C=O) groups is 2. The number of rotatable bonds is 7. The first kappa shape index (κ1) is 18.8. The molecule has 0 aromatic heterocycles. The van der Waals surface area contributed by atoms with Crippen LogP contribution >= 0.6 is 0 Å². The van der Waals surface area contributed by atoms with Crippen LogP contribution in [0.5, 0.6) is 0 Å². The minimum Gasteiger partial charge on any atom is -0.454 e. The van der Waals surface area contributed by atoms with Crippen molar-refractivity contribution in [1.29, 1.82) is 0 Å². The lowest BCUT2D eigenvalue weighted by atomic mass is 9.79. The zero-order chi connectivity index (χ0) is 18.7. The maximum Gasteiger partial charge on any atom is 0.326 e. The Labute approximate surface area is 155 Å². The summed E-state index contributed by atoms with van der Waals surface area (Å²) < 4.78 is 11.0. The molecular formula is C20H30N2O4. The normalized spacial score (nSPS) is 25.1. The summed E-state index contributed by atoms with van der Waals surface area (Å²) >= 11 is 0. The average molecular weight is 362 g/mol. The maximum atomic E-state index is 12.2. The van der Waals surface area contributed by atoms with E-state index in [4.69, 9.17) is 9.47 Å². The highest BCUT2D eigenvalue weighted by molar-refractivity contribution is 5.96. The van der Waals surface area contributed by atoms with Crippen molar-refractivity contribution in [3.05, 3.63) is 23.7 Å². The largest absolute Gasteiger partial charge is 0.454 e. The van der Waals surface area contributed by atoms with Crippen LogP contribution in [-0.2, 0) is 14.3 Å². The molecule has 6 nitrogen and oxygen atoms in total. The molecule has 1 aliphatic carbocycles. The summed E-state index contributed by atoms with van der Waals surface area (Å²) in [6, 6.07) is -0.159. The van der Waals surface area contributed by atoms with Gasteiger partial charge in [0.25, 0.3) is 0 Å². The van der Waals surface area contributed by atoms with E-state index in [0.29, 0.717) is 37.5 Å². The second-order valence-corrected chi connectivity index (χ2v) is 7.68. The van der Waals surface area contributed by atoms with Gasteiger partial charge >= 0.3 is 6.03 Å². The summed E-state index contributed by atoms with van der Waals surface area (Å²) in [5, 5.41) is 0. The average Bonchev–Trinajstić information content (AvgIpc) is 3.11. The smallest absolute Gasteiger partial charge is 0.326 e. The van der Waals surface area contributed by atoms with E-state index in [2.05, 4.69) is 26.0 Å². The number of amides is 3. The van der Waals surface area contributed by atoms with Gasteiger partial charge in [-0.05, 0) is 49.2 Å². The molecule has 144 valence electrons. The highest BCUT2D eigenvalue weighted by atomic mass is 16.7. The summed E-state index contributed by atoms with van der Waals surface area (Å²) in [6.45, 7) is 6.11. The van der Waals surface area contributed by atoms with E-state index in [0.717, 1.165) is 43.7 Å². The first-order chi connectivity index (χ1) is 12.5. The van der Waals surface area contributed by atoms with Crippen LogP contribution in [0.4, 0.5) is 4.79 Å². The first-order valence-electron chi connectivity index (χ1n) is 9.73. The molecule has 0 aromatic rings. The van der Waals surface area contributed by atoms with E-state index in [9.17, 15) is 9.59 Å². The predicted octanol–water partition coefficient (Wildman–Crippen LogP) is 3.51. The number of nitrogens with zero attached hydrogens (tertiary/aromatic N) is 2. The zero-order valence-corrected chi connectivity index (χ0v) is 16.1. The molecule has 6 heteroatoms. The summed E-state index contributed by atoms with van der Waals surface area (Å²) in [6.07, 6.45) is 9.05. The lowest BCUT2D eigenvalue weighted by Gasteiger charge is -2.33. The van der Waals surface area contributed by atoms with Crippen molar-refractivity contribution in [2.45, 2.75) is 46.0 Å². The molecule has 0 aromatic carbocycles. The van der Waals surface area contributed by atoms with Gasteiger partial charge in [-0.3, -0.25) is 9.69 Å². The third kappa shape index (κ3) is 4.05. The summed E-state index contributed by atoms with van der Waals surface area (Å²) in [5.74, 6) is 3.33. The van der Waals surface area contributed by atoms with Gasteiger partial charge in [0, 0.05) is 26.6 Å². The van der Waals surface area contributed by atoms with Crippen LogP contribution in [0.25, 0.3) is 0 Å². The van der Waals surface area contributed by atoms with Crippen LogP contribution in [0.2, 0.25) is 0 Å². The first-order valence-corrected chi connectivity index (χ1v) is 9.73. The number of carbonyl (C=O) groups excluding carboxylic acids is 2. The minimum atomic E-state index is -0.159. The Morgan fingerprint density at radius 2 is 2.04 bits per heavy atom. The molecule has 3 atom stereocenters. The third-order valence-corrected chi connectivity index (χ3v) is 5.87. The SMILES string of the molecule is CCC(CC(C)CCN1CCC(=O)N(C)C1=O)C1C=C2OCOC2=CC1. The molecule has 0 saturated carbocycles. The Hall–Kier alpha value is -1.98. The van der Waals surface area contributed by atoms with Crippen molar-refractivity contribution in [3.63, 3.8) is 0 Å². The number of ether oxygens (including phenoxy) is 2. The van der Waals surface area contributed by atoms with Crippen molar-refractivity contribution >= 4 is 11.9 Å². The molecule has 26 heavy (non-hydrogen) atoms. The van der Waals surface area contributed by atoms with E-state index < -0.39 is 0 Å². The Bertz CT molecular complexity index is 613. The summed E-state index contributed by atoms with van der Waals surface area (Å²) in [5.41, 5.74) is 0. The van der Waals surface area contributed by atoms with Gasteiger partial charge in [0.2, 0.25) is 12.7 Å². The number of hydrogen-bond acceptors (Lipinski definition) is 4. The minimum absolute atomic E-state index is 0.0822. The van der Waals surface area contributed by atoms with E-state index >= 15 is 0 Å². The van der Waals surface area contributed by atoms with E-state index in [-0.39, 0.29) is 11.9 Å². The van der Waals surface area contributed by atoms with Crippen molar-refractivity contribution < 1.29 is 19.1 Å². The zero-order valence-electron chi connectivity index (χ0n) is 16.1. The Balaban J connectivity index is 1.49. The van der Waals surface area contributed by atoms with Crippen LogP contribution in [0.1, 0.15) is 46.0 Å². The molecule has 2 heterocycles. The predicted molar refractivity (Wildman–Crippen MR) is 97.8 cm³/mol. The van der Waals surface area contributed by atoms with Crippen LogP contribution in [0.15, 0.2) is 23.7 Å². The number of fused-ring (bicyclic) bond motifs is 1. The van der Waals surface area contributed by atoms with Crippen LogP contribution in [0.3, 0.4) is 0 Å². The molecule has 2 fully saturated rings. The molecular weight excluding hydrogens is 332 g/mol. The fraction of sp³-hybridized carbons (Fsp3) is 0.700. The molecule has 0 N–H and O–H groups in total. The number of urea groups is 1. The Kier molecular flexibility index (Phi) is 5.89.